The molecule has 4 rings (SSSR count). The number of rotatable bonds is 0. The minimum Gasteiger partial charge on any atom is -0.508 e. The fourth-order valence-electron chi connectivity index (χ4n) is 2.36. The van der Waals surface area contributed by atoms with Crippen molar-refractivity contribution in [1.29, 1.82) is 0 Å². The molecule has 0 atom stereocenters. The standard InChI is InChI=1S/C10H9NO.C9H7NO2/c1-7-2-3-8-6-9(12)4-5-10(8)11-7;11-7-2-3-8-6(5-7)1-4-9(12)10-8/h2-6,12H,1H3;1-5,11H,(H,10,12). The summed E-state index contributed by atoms with van der Waals surface area (Å²) in [4.78, 5) is 17.8. The molecule has 0 aliphatic carbocycles. The molecule has 5 heteroatoms. The number of aromatic hydroxyl groups is 2. The minimum absolute atomic E-state index is 0.131. The van der Waals surface area contributed by atoms with Gasteiger partial charge in [-0.1, -0.05) is 6.07 Å². The topological polar surface area (TPSA) is 86.2 Å². The number of hydrogen-bond donors (Lipinski definition) is 3. The molecule has 0 unspecified atom stereocenters. The van der Waals surface area contributed by atoms with Gasteiger partial charge in [-0.15, -0.1) is 0 Å². The van der Waals surface area contributed by atoms with Crippen molar-refractivity contribution in [2.45, 2.75) is 6.92 Å². The predicted octanol–water partition coefficient (Wildman–Crippen LogP) is 3.48. The average molecular weight is 320 g/mol. The fourth-order valence-corrected chi connectivity index (χ4v) is 2.36. The monoisotopic (exact) mass is 320 g/mol. The lowest BCUT2D eigenvalue weighted by atomic mass is 10.2. The van der Waals surface area contributed by atoms with E-state index in [2.05, 4.69) is 9.97 Å². The highest BCUT2D eigenvalue weighted by atomic mass is 16.3. The van der Waals surface area contributed by atoms with Gasteiger partial charge in [-0.3, -0.25) is 9.78 Å². The smallest absolute Gasteiger partial charge is 0.248 e. The van der Waals surface area contributed by atoms with Crippen molar-refractivity contribution in [3.8, 4) is 11.5 Å². The van der Waals surface area contributed by atoms with E-state index in [1.54, 1.807) is 30.3 Å². The number of aromatic amines is 1. The quantitative estimate of drug-likeness (QED) is 0.463. The molecule has 0 spiro atoms. The van der Waals surface area contributed by atoms with E-state index in [-0.39, 0.29) is 17.1 Å². The van der Waals surface area contributed by atoms with Crippen LogP contribution in [0.2, 0.25) is 0 Å². The summed E-state index contributed by atoms with van der Waals surface area (Å²) in [6.45, 7) is 1.95. The van der Waals surface area contributed by atoms with E-state index in [4.69, 9.17) is 5.11 Å². The largest absolute Gasteiger partial charge is 0.508 e. The van der Waals surface area contributed by atoms with Gasteiger partial charge in [-0.05, 0) is 55.5 Å². The van der Waals surface area contributed by atoms with E-state index in [9.17, 15) is 9.90 Å². The Morgan fingerprint density at radius 3 is 2.29 bits per heavy atom. The Morgan fingerprint density at radius 2 is 1.50 bits per heavy atom. The van der Waals surface area contributed by atoms with Crippen molar-refractivity contribution < 1.29 is 10.2 Å². The Balaban J connectivity index is 0.000000141. The van der Waals surface area contributed by atoms with Crippen LogP contribution in [0.3, 0.4) is 0 Å². The van der Waals surface area contributed by atoms with Gasteiger partial charge in [-0.25, -0.2) is 0 Å². The summed E-state index contributed by atoms with van der Waals surface area (Å²) in [5.74, 6) is 0.489. The molecule has 2 aromatic heterocycles. The Kier molecular flexibility index (Phi) is 4.16. The third-order valence-electron chi connectivity index (χ3n) is 3.52. The first-order valence-corrected chi connectivity index (χ1v) is 7.40. The molecule has 0 aliphatic heterocycles. The number of nitrogens with zero attached hydrogens (tertiary/aromatic N) is 1. The minimum atomic E-state index is -0.131. The summed E-state index contributed by atoms with van der Waals surface area (Å²) < 4.78 is 0. The highest BCUT2D eigenvalue weighted by molar-refractivity contribution is 5.80. The van der Waals surface area contributed by atoms with Gasteiger partial charge in [0.2, 0.25) is 5.56 Å². The Bertz CT molecular complexity index is 1030. The van der Waals surface area contributed by atoms with Gasteiger partial charge in [0, 0.05) is 28.0 Å². The van der Waals surface area contributed by atoms with Crippen LogP contribution in [-0.2, 0) is 0 Å². The molecule has 0 fully saturated rings. The van der Waals surface area contributed by atoms with Gasteiger partial charge < -0.3 is 15.2 Å². The van der Waals surface area contributed by atoms with Gasteiger partial charge in [-0.2, -0.15) is 0 Å². The fraction of sp³-hybridized carbons (Fsp3) is 0.0526. The Hall–Kier alpha value is -3.34. The lowest BCUT2D eigenvalue weighted by Crippen LogP contribution is -2.01. The van der Waals surface area contributed by atoms with E-state index in [1.165, 1.54) is 12.1 Å². The second-order valence-electron chi connectivity index (χ2n) is 5.42. The molecule has 120 valence electrons. The third kappa shape index (κ3) is 3.52. The van der Waals surface area contributed by atoms with Crippen LogP contribution in [-0.4, -0.2) is 20.2 Å². The van der Waals surface area contributed by atoms with E-state index in [0.717, 1.165) is 27.5 Å². The summed E-state index contributed by atoms with van der Waals surface area (Å²) in [6, 6.07) is 17.0. The number of aromatic nitrogens is 2. The SMILES string of the molecule is Cc1ccc2cc(O)ccc2n1.O=c1ccc2cc(O)ccc2[nH]1. The molecule has 4 aromatic rings. The normalized spacial score (nSPS) is 10.4. The van der Waals surface area contributed by atoms with Crippen LogP contribution in [0.4, 0.5) is 0 Å². The number of pyridine rings is 2. The van der Waals surface area contributed by atoms with E-state index >= 15 is 0 Å². The highest BCUT2D eigenvalue weighted by Crippen LogP contribution is 2.18. The number of nitrogens with one attached hydrogen (secondary N) is 1. The van der Waals surface area contributed by atoms with Gasteiger partial charge >= 0.3 is 0 Å². The first-order valence-electron chi connectivity index (χ1n) is 7.40. The Labute approximate surface area is 137 Å². The number of H-pyrrole nitrogens is 1. The predicted molar refractivity (Wildman–Crippen MR) is 94.4 cm³/mol. The average Bonchev–Trinajstić information content (AvgIpc) is 2.56. The van der Waals surface area contributed by atoms with Crippen molar-refractivity contribution in [2.24, 2.45) is 0 Å². The van der Waals surface area contributed by atoms with E-state index < -0.39 is 0 Å². The van der Waals surface area contributed by atoms with Gasteiger partial charge in [0.25, 0.3) is 0 Å². The molecule has 0 radical (unpaired) electrons. The maximum atomic E-state index is 10.9. The van der Waals surface area contributed by atoms with Crippen LogP contribution < -0.4 is 5.56 Å². The summed E-state index contributed by atoms with van der Waals surface area (Å²) in [5.41, 5.74) is 2.52. The number of phenols is 2. The molecule has 24 heavy (non-hydrogen) atoms. The highest BCUT2D eigenvalue weighted by Gasteiger charge is 1.95. The molecule has 0 bridgehead atoms. The number of aryl methyl sites for hydroxylation is 1. The zero-order chi connectivity index (χ0) is 17.1. The van der Waals surface area contributed by atoms with Crippen molar-refractivity contribution in [3.05, 3.63) is 76.7 Å². The van der Waals surface area contributed by atoms with Crippen LogP contribution in [0.25, 0.3) is 21.8 Å². The second kappa shape index (κ2) is 6.42. The molecule has 2 heterocycles. The van der Waals surface area contributed by atoms with E-state index in [1.807, 2.05) is 25.1 Å². The summed E-state index contributed by atoms with van der Waals surface area (Å²) >= 11 is 0. The van der Waals surface area contributed by atoms with Crippen molar-refractivity contribution in [3.63, 3.8) is 0 Å². The van der Waals surface area contributed by atoms with Crippen molar-refractivity contribution in [1.82, 2.24) is 9.97 Å². The first-order chi connectivity index (χ1) is 11.5. The number of fused-ring (bicyclic) bond motifs is 2. The molecule has 0 saturated carbocycles. The molecule has 3 N–H and O–H groups in total. The molecule has 0 aliphatic rings. The van der Waals surface area contributed by atoms with Gasteiger partial charge in [0.05, 0.1) is 5.52 Å². The zero-order valence-electron chi connectivity index (χ0n) is 13.0. The summed E-state index contributed by atoms with van der Waals surface area (Å²) in [6.07, 6.45) is 0. The molecular formula is C19H16N2O3. The molecule has 0 amide bonds. The third-order valence-corrected chi connectivity index (χ3v) is 3.52. The van der Waals surface area contributed by atoms with E-state index in [0.29, 0.717) is 0 Å². The molecule has 0 saturated heterocycles. The van der Waals surface area contributed by atoms with Crippen LogP contribution in [0.1, 0.15) is 5.69 Å². The second-order valence-corrected chi connectivity index (χ2v) is 5.42. The first kappa shape index (κ1) is 15.6. The Morgan fingerprint density at radius 1 is 0.833 bits per heavy atom. The lowest BCUT2D eigenvalue weighted by Gasteiger charge is -1.98. The van der Waals surface area contributed by atoms with Crippen LogP contribution >= 0.6 is 0 Å². The maximum Gasteiger partial charge on any atom is 0.248 e. The lowest BCUT2D eigenvalue weighted by molar-refractivity contribution is 0.475. The summed E-state index contributed by atoms with van der Waals surface area (Å²) in [5, 5.41) is 20.1. The maximum absolute atomic E-state index is 10.9. The van der Waals surface area contributed by atoms with Crippen molar-refractivity contribution in [2.75, 3.05) is 0 Å². The number of hydrogen-bond acceptors (Lipinski definition) is 4. The van der Waals surface area contributed by atoms with Crippen LogP contribution in [0.15, 0.2) is 65.5 Å². The molecule has 5 nitrogen and oxygen atoms in total. The molecule has 2 aromatic carbocycles. The van der Waals surface area contributed by atoms with Crippen LogP contribution in [0, 0.1) is 6.92 Å². The number of benzene rings is 2. The number of phenolic OH excluding ortho intramolecular Hbond substituents is 2. The van der Waals surface area contributed by atoms with Gasteiger partial charge in [0.1, 0.15) is 11.5 Å². The molecular weight excluding hydrogens is 304 g/mol. The van der Waals surface area contributed by atoms with Gasteiger partial charge in [0.15, 0.2) is 0 Å². The zero-order valence-corrected chi connectivity index (χ0v) is 13.0. The van der Waals surface area contributed by atoms with Crippen molar-refractivity contribution >= 4 is 21.8 Å². The summed E-state index contributed by atoms with van der Waals surface area (Å²) in [7, 11) is 0. The van der Waals surface area contributed by atoms with Crippen LogP contribution in [0.5, 0.6) is 11.5 Å².